The van der Waals surface area contributed by atoms with Gasteiger partial charge in [0.2, 0.25) is 0 Å². The zero-order valence-electron chi connectivity index (χ0n) is 11.8. The fourth-order valence-corrected chi connectivity index (χ4v) is 2.17. The molecule has 1 aromatic carbocycles. The van der Waals surface area contributed by atoms with Gasteiger partial charge in [0.1, 0.15) is 0 Å². The van der Waals surface area contributed by atoms with Crippen LogP contribution in [0.3, 0.4) is 0 Å². The predicted molar refractivity (Wildman–Crippen MR) is 81.7 cm³/mol. The van der Waals surface area contributed by atoms with Gasteiger partial charge in [0.15, 0.2) is 0 Å². The Bertz CT molecular complexity index is 318. The van der Waals surface area contributed by atoms with Crippen molar-refractivity contribution in [2.75, 3.05) is 0 Å². The first-order chi connectivity index (χ1) is 8.86. The van der Waals surface area contributed by atoms with E-state index in [1.165, 1.54) is 56.1 Å². The summed E-state index contributed by atoms with van der Waals surface area (Å²) in [5.41, 5.74) is 2.86. The fourth-order valence-electron chi connectivity index (χ4n) is 2.17. The van der Waals surface area contributed by atoms with Crippen LogP contribution in [0.2, 0.25) is 0 Å². The number of allylic oxidation sites excluding steroid dienone is 2. The first-order valence-corrected chi connectivity index (χ1v) is 7.39. The standard InChI is InChI=1S/C18H27/c1-3-5-7-8-9-10-12-18-15-13-17(14-16-18)11-6-4-2/h4,6,13-16H,2-3,5,7-12H2,1H3. The molecule has 0 saturated heterocycles. The lowest BCUT2D eigenvalue weighted by Crippen LogP contribution is -1.88. The molecule has 1 radical (unpaired) electrons. The highest BCUT2D eigenvalue weighted by atomic mass is 14.0. The van der Waals surface area contributed by atoms with Crippen molar-refractivity contribution >= 4 is 0 Å². The minimum atomic E-state index is 1.00. The molecule has 0 saturated carbocycles. The van der Waals surface area contributed by atoms with Crippen LogP contribution in [0.4, 0.5) is 0 Å². The topological polar surface area (TPSA) is 0 Å². The lowest BCUT2D eigenvalue weighted by atomic mass is 10.0. The number of benzene rings is 1. The van der Waals surface area contributed by atoms with E-state index in [0.717, 1.165) is 6.42 Å². The Labute approximate surface area is 113 Å². The van der Waals surface area contributed by atoms with Gasteiger partial charge in [-0.3, -0.25) is 0 Å². The second-order valence-electron chi connectivity index (χ2n) is 5.01. The molecule has 0 heteroatoms. The van der Waals surface area contributed by atoms with E-state index in [2.05, 4.69) is 44.2 Å². The van der Waals surface area contributed by atoms with Crippen molar-refractivity contribution in [3.8, 4) is 0 Å². The third-order valence-corrected chi connectivity index (χ3v) is 3.36. The van der Waals surface area contributed by atoms with Crippen molar-refractivity contribution < 1.29 is 0 Å². The molecule has 0 fully saturated rings. The molecule has 0 nitrogen and oxygen atoms in total. The van der Waals surface area contributed by atoms with Crippen LogP contribution in [0.15, 0.2) is 36.4 Å². The van der Waals surface area contributed by atoms with Crippen LogP contribution in [0, 0.1) is 6.92 Å². The molecular formula is C18H27. The number of unbranched alkanes of at least 4 members (excludes halogenated alkanes) is 5. The Morgan fingerprint density at radius 2 is 1.50 bits per heavy atom. The minimum absolute atomic E-state index is 1.00. The number of aryl methyl sites for hydroxylation is 1. The van der Waals surface area contributed by atoms with Crippen LogP contribution in [0.1, 0.15) is 56.6 Å². The van der Waals surface area contributed by atoms with E-state index in [4.69, 9.17) is 0 Å². The van der Waals surface area contributed by atoms with Gasteiger partial charge in [-0.2, -0.15) is 0 Å². The fraction of sp³-hybridized carbons (Fsp3) is 0.500. The molecule has 18 heavy (non-hydrogen) atoms. The lowest BCUT2D eigenvalue weighted by molar-refractivity contribution is 0.607. The molecule has 0 atom stereocenters. The number of hydrogen-bond donors (Lipinski definition) is 0. The van der Waals surface area contributed by atoms with Crippen molar-refractivity contribution in [3.63, 3.8) is 0 Å². The van der Waals surface area contributed by atoms with Crippen LogP contribution >= 0.6 is 0 Å². The quantitative estimate of drug-likeness (QED) is 0.501. The highest BCUT2D eigenvalue weighted by Gasteiger charge is 1.95. The van der Waals surface area contributed by atoms with Crippen molar-refractivity contribution in [2.24, 2.45) is 0 Å². The summed E-state index contributed by atoms with van der Waals surface area (Å²) in [5.74, 6) is 0. The SMILES string of the molecule is [CH2]C=CCc1ccc(CCCCCCCC)cc1. The van der Waals surface area contributed by atoms with Crippen molar-refractivity contribution in [1.29, 1.82) is 0 Å². The highest BCUT2D eigenvalue weighted by Crippen LogP contribution is 2.11. The van der Waals surface area contributed by atoms with E-state index in [1.807, 2.05) is 6.08 Å². The zero-order chi connectivity index (χ0) is 13.1. The molecule has 0 N–H and O–H groups in total. The van der Waals surface area contributed by atoms with Gasteiger partial charge in [-0.15, -0.1) is 0 Å². The zero-order valence-corrected chi connectivity index (χ0v) is 11.8. The van der Waals surface area contributed by atoms with Crippen molar-refractivity contribution in [3.05, 3.63) is 54.5 Å². The Balaban J connectivity index is 2.18. The smallest absolute Gasteiger partial charge is 0.00975 e. The molecule has 1 aromatic rings. The molecule has 0 spiro atoms. The minimum Gasteiger partial charge on any atom is -0.0879 e. The highest BCUT2D eigenvalue weighted by molar-refractivity contribution is 5.24. The second-order valence-corrected chi connectivity index (χ2v) is 5.01. The molecule has 99 valence electrons. The molecular weight excluding hydrogens is 216 g/mol. The molecule has 0 aliphatic heterocycles. The normalized spacial score (nSPS) is 11.2. The Hall–Kier alpha value is -1.04. The van der Waals surface area contributed by atoms with Gasteiger partial charge in [-0.25, -0.2) is 0 Å². The third-order valence-electron chi connectivity index (χ3n) is 3.36. The average molecular weight is 243 g/mol. The maximum atomic E-state index is 3.71. The van der Waals surface area contributed by atoms with Gasteiger partial charge < -0.3 is 0 Å². The molecule has 1 rings (SSSR count). The first-order valence-electron chi connectivity index (χ1n) is 7.39. The predicted octanol–water partition coefficient (Wildman–Crippen LogP) is 5.52. The number of hydrogen-bond acceptors (Lipinski definition) is 0. The Kier molecular flexibility index (Phi) is 8.29. The number of rotatable bonds is 9. The monoisotopic (exact) mass is 243 g/mol. The van der Waals surface area contributed by atoms with E-state index in [1.54, 1.807) is 0 Å². The summed E-state index contributed by atoms with van der Waals surface area (Å²) in [6.07, 6.45) is 14.5. The van der Waals surface area contributed by atoms with E-state index in [-0.39, 0.29) is 0 Å². The maximum absolute atomic E-state index is 3.71. The van der Waals surface area contributed by atoms with Gasteiger partial charge in [0, 0.05) is 0 Å². The van der Waals surface area contributed by atoms with Gasteiger partial charge in [-0.1, -0.05) is 75.4 Å². The molecule has 0 heterocycles. The van der Waals surface area contributed by atoms with E-state index in [0.29, 0.717) is 0 Å². The van der Waals surface area contributed by atoms with Crippen LogP contribution in [-0.4, -0.2) is 0 Å². The lowest BCUT2D eigenvalue weighted by Gasteiger charge is -2.03. The van der Waals surface area contributed by atoms with Gasteiger partial charge in [0.25, 0.3) is 0 Å². The Morgan fingerprint density at radius 1 is 0.889 bits per heavy atom. The van der Waals surface area contributed by atoms with Crippen LogP contribution in [-0.2, 0) is 12.8 Å². The molecule has 0 unspecified atom stereocenters. The summed E-state index contributed by atoms with van der Waals surface area (Å²) in [5, 5.41) is 0. The van der Waals surface area contributed by atoms with Crippen molar-refractivity contribution in [1.82, 2.24) is 0 Å². The van der Waals surface area contributed by atoms with E-state index >= 15 is 0 Å². The summed E-state index contributed by atoms with van der Waals surface area (Å²) < 4.78 is 0. The molecule has 0 bridgehead atoms. The summed E-state index contributed by atoms with van der Waals surface area (Å²) in [6.45, 7) is 5.98. The summed E-state index contributed by atoms with van der Waals surface area (Å²) in [7, 11) is 0. The summed E-state index contributed by atoms with van der Waals surface area (Å²) in [6, 6.07) is 9.04. The maximum Gasteiger partial charge on any atom is -0.00975 e. The molecule has 0 aliphatic rings. The van der Waals surface area contributed by atoms with Crippen LogP contribution in [0.5, 0.6) is 0 Å². The van der Waals surface area contributed by atoms with Gasteiger partial charge in [0.05, 0.1) is 0 Å². The van der Waals surface area contributed by atoms with E-state index < -0.39 is 0 Å². The van der Waals surface area contributed by atoms with Gasteiger partial charge >= 0.3 is 0 Å². The average Bonchev–Trinajstić information content (AvgIpc) is 2.42. The van der Waals surface area contributed by atoms with Crippen LogP contribution < -0.4 is 0 Å². The van der Waals surface area contributed by atoms with Gasteiger partial charge in [-0.05, 0) is 37.3 Å². The van der Waals surface area contributed by atoms with Crippen molar-refractivity contribution in [2.45, 2.75) is 58.3 Å². The first kappa shape index (κ1) is 15.0. The second kappa shape index (κ2) is 9.94. The largest absolute Gasteiger partial charge is 0.0879 e. The van der Waals surface area contributed by atoms with E-state index in [9.17, 15) is 0 Å². The Morgan fingerprint density at radius 3 is 2.17 bits per heavy atom. The molecule has 0 aromatic heterocycles. The summed E-state index contributed by atoms with van der Waals surface area (Å²) in [4.78, 5) is 0. The van der Waals surface area contributed by atoms with Crippen LogP contribution in [0.25, 0.3) is 0 Å². The summed E-state index contributed by atoms with van der Waals surface area (Å²) >= 11 is 0. The third kappa shape index (κ3) is 6.64. The molecule has 0 amide bonds. The molecule has 0 aliphatic carbocycles.